The zero-order valence-corrected chi connectivity index (χ0v) is 21.1. The van der Waals surface area contributed by atoms with Crippen molar-refractivity contribution in [2.45, 2.75) is 75.2 Å². The maximum Gasteiger partial charge on any atom is 0.434 e. The number of hydrogen-bond acceptors (Lipinski definition) is 5. The molecule has 0 aliphatic carbocycles. The number of nitrogens with one attached hydrogen (secondary N) is 1. The molecule has 2 fully saturated rings. The lowest BCUT2D eigenvalue weighted by Crippen LogP contribution is -2.54. The third kappa shape index (κ3) is 7.85. The van der Waals surface area contributed by atoms with E-state index in [1.807, 2.05) is 4.90 Å². The second kappa shape index (κ2) is 11.9. The predicted molar refractivity (Wildman–Crippen MR) is 122 cm³/mol. The van der Waals surface area contributed by atoms with Gasteiger partial charge in [0.1, 0.15) is 0 Å². The monoisotopic (exact) mass is 593 g/mol. The number of rotatable bonds is 8. The highest BCUT2D eigenvalue weighted by molar-refractivity contribution is 5.68. The molecule has 0 saturated carbocycles. The van der Waals surface area contributed by atoms with Crippen LogP contribution in [0.3, 0.4) is 0 Å². The van der Waals surface area contributed by atoms with Gasteiger partial charge in [-0.15, -0.1) is 0 Å². The lowest BCUT2D eigenvalue weighted by atomic mass is 9.84. The Morgan fingerprint density at radius 1 is 0.975 bits per heavy atom. The van der Waals surface area contributed by atoms with Crippen molar-refractivity contribution in [1.29, 1.82) is 0 Å². The van der Waals surface area contributed by atoms with Crippen LogP contribution < -0.4 is 5.32 Å². The Hall–Kier alpha value is -2.91. The number of piperidine rings is 1. The van der Waals surface area contributed by atoms with E-state index in [1.165, 1.54) is 6.07 Å². The van der Waals surface area contributed by atoms with E-state index in [-0.39, 0.29) is 57.5 Å². The molecule has 1 amide bonds. The van der Waals surface area contributed by atoms with E-state index < -0.39 is 47.8 Å². The predicted octanol–water partition coefficient (Wildman–Crippen LogP) is 6.04. The van der Waals surface area contributed by atoms with Gasteiger partial charge in [-0.2, -0.15) is 39.5 Å². The van der Waals surface area contributed by atoms with Gasteiger partial charge in [0.25, 0.3) is 6.10 Å². The summed E-state index contributed by atoms with van der Waals surface area (Å²) in [5.41, 5.74) is -0.776. The number of anilines is 1. The fraction of sp³-hybridized carbons (Fsp3) is 0.667. The highest BCUT2D eigenvalue weighted by Crippen LogP contribution is 2.42. The minimum atomic E-state index is -5.83. The van der Waals surface area contributed by atoms with Crippen LogP contribution in [0, 0.1) is 0 Å². The molecule has 2 aliphatic heterocycles. The van der Waals surface area contributed by atoms with E-state index in [4.69, 9.17) is 5.11 Å². The second-order valence-electron chi connectivity index (χ2n) is 9.88. The normalized spacial score (nSPS) is 18.4. The quantitative estimate of drug-likeness (QED) is 0.283. The molecule has 0 unspecified atom stereocenters. The molecule has 0 bridgehead atoms. The summed E-state index contributed by atoms with van der Waals surface area (Å²) in [4.78, 5) is 25.7. The number of benzene rings is 1. The number of halogens is 9. The van der Waals surface area contributed by atoms with E-state index in [0.717, 1.165) is 17.0 Å². The number of amides is 1. The lowest BCUT2D eigenvalue weighted by Gasteiger charge is -2.45. The smallest absolute Gasteiger partial charge is 0.434 e. The molecule has 1 aromatic carbocycles. The number of alkyl halides is 9. The summed E-state index contributed by atoms with van der Waals surface area (Å²) in [5.74, 6) is -1.05. The summed E-state index contributed by atoms with van der Waals surface area (Å²) in [5, 5.41) is 11.7. The van der Waals surface area contributed by atoms with E-state index in [1.54, 1.807) is 0 Å². The highest BCUT2D eigenvalue weighted by atomic mass is 19.4. The van der Waals surface area contributed by atoms with Crippen LogP contribution in [0.1, 0.15) is 49.7 Å². The molecule has 2 heterocycles. The van der Waals surface area contributed by atoms with Crippen LogP contribution in [0.4, 0.5) is 50.0 Å². The summed E-state index contributed by atoms with van der Waals surface area (Å²) in [6, 6.07) is 3.18. The molecule has 3 rings (SSSR count). The molecule has 40 heavy (non-hydrogen) atoms. The molecule has 7 nitrogen and oxygen atoms in total. The number of hydrogen-bond donors (Lipinski definition) is 2. The van der Waals surface area contributed by atoms with Crippen LogP contribution in [-0.4, -0.2) is 77.1 Å². The Morgan fingerprint density at radius 3 is 2.15 bits per heavy atom. The van der Waals surface area contributed by atoms with Gasteiger partial charge in [-0.25, -0.2) is 4.79 Å². The van der Waals surface area contributed by atoms with E-state index in [0.29, 0.717) is 24.9 Å². The molecular weight excluding hydrogens is 565 g/mol. The Bertz CT molecular complexity index is 1040. The minimum Gasteiger partial charge on any atom is -0.481 e. The van der Waals surface area contributed by atoms with Crippen molar-refractivity contribution in [3.63, 3.8) is 0 Å². The van der Waals surface area contributed by atoms with Crippen LogP contribution in [0.5, 0.6) is 0 Å². The number of aliphatic carboxylic acids is 1. The molecule has 0 aromatic heterocycles. The van der Waals surface area contributed by atoms with Gasteiger partial charge >= 0.3 is 30.6 Å². The first-order valence-electron chi connectivity index (χ1n) is 12.4. The van der Waals surface area contributed by atoms with E-state index in [9.17, 15) is 49.1 Å². The molecule has 0 radical (unpaired) electrons. The van der Waals surface area contributed by atoms with Crippen molar-refractivity contribution in [1.82, 2.24) is 9.80 Å². The van der Waals surface area contributed by atoms with E-state index in [2.05, 4.69) is 10.1 Å². The summed E-state index contributed by atoms with van der Waals surface area (Å²) < 4.78 is 120. The highest BCUT2D eigenvalue weighted by Gasteiger charge is 2.60. The topological polar surface area (TPSA) is 82.1 Å². The number of carbonyl (C=O) groups excluding carboxylic acids is 1. The first-order valence-corrected chi connectivity index (χ1v) is 12.4. The summed E-state index contributed by atoms with van der Waals surface area (Å²) in [6.45, 7) is 0.512. The van der Waals surface area contributed by atoms with Gasteiger partial charge in [0.05, 0.1) is 5.56 Å². The Morgan fingerprint density at radius 2 is 1.60 bits per heavy atom. The van der Waals surface area contributed by atoms with Gasteiger partial charge in [0, 0.05) is 43.8 Å². The molecule has 2 saturated heterocycles. The fourth-order valence-electron chi connectivity index (χ4n) is 5.13. The number of nitrogens with zero attached hydrogens (tertiary/aromatic N) is 2. The van der Waals surface area contributed by atoms with Crippen LogP contribution in [0.15, 0.2) is 18.2 Å². The average Bonchev–Trinajstić information content (AvgIpc) is 3.20. The van der Waals surface area contributed by atoms with Crippen molar-refractivity contribution in [2.24, 2.45) is 0 Å². The largest absolute Gasteiger partial charge is 0.481 e. The van der Waals surface area contributed by atoms with Gasteiger partial charge in [-0.1, -0.05) is 6.07 Å². The van der Waals surface area contributed by atoms with E-state index >= 15 is 0 Å². The lowest BCUT2D eigenvalue weighted by molar-refractivity contribution is -0.308. The average molecular weight is 593 g/mol. The van der Waals surface area contributed by atoms with Gasteiger partial charge in [0.2, 0.25) is 0 Å². The minimum absolute atomic E-state index is 0.111. The fourth-order valence-corrected chi connectivity index (χ4v) is 5.13. The summed E-state index contributed by atoms with van der Waals surface area (Å²) in [7, 11) is 0. The third-order valence-corrected chi connectivity index (χ3v) is 7.19. The molecular formula is C24H28F9N3O4. The SMILES string of the molecule is O=C(O)CCCNc1cc(C(F)(F)F)ccc1CN1CCCC12CCN(C(=O)OC(C(F)(F)F)C(F)(F)F)CC2. The number of carboxylic acid groups (broad SMARTS) is 1. The molecule has 2 aliphatic rings. The molecule has 226 valence electrons. The van der Waals surface area contributed by atoms with Crippen LogP contribution in [0.2, 0.25) is 0 Å². The standard InChI is InChI=1S/C24H28F9N3O4/c25-22(26,27)16-5-4-15(17(13-16)34-9-1-3-18(37)38)14-36-10-2-6-21(36)7-11-35(12-8-21)20(39)40-19(23(28,29)30)24(31,32)33/h4-5,13,19,34H,1-3,6-12,14H2,(H,37,38). The summed E-state index contributed by atoms with van der Waals surface area (Å²) >= 11 is 0. The van der Waals surface area contributed by atoms with Crippen LogP contribution in [0.25, 0.3) is 0 Å². The van der Waals surface area contributed by atoms with Crippen LogP contribution in [-0.2, 0) is 22.3 Å². The van der Waals surface area contributed by atoms with Crippen molar-refractivity contribution < 1.29 is 58.9 Å². The molecule has 0 atom stereocenters. The first-order chi connectivity index (χ1) is 18.4. The summed E-state index contributed by atoms with van der Waals surface area (Å²) in [6.07, 6.45) is -20.5. The zero-order valence-electron chi connectivity index (χ0n) is 21.1. The number of carboxylic acids is 1. The van der Waals surface area contributed by atoms with Crippen molar-refractivity contribution in [3.05, 3.63) is 29.3 Å². The van der Waals surface area contributed by atoms with Crippen molar-refractivity contribution in [3.8, 4) is 0 Å². The molecule has 1 spiro atoms. The van der Waals surface area contributed by atoms with Gasteiger partial charge in [-0.05, 0) is 56.3 Å². The Balaban J connectivity index is 1.70. The van der Waals surface area contributed by atoms with Gasteiger partial charge in [0.15, 0.2) is 0 Å². The van der Waals surface area contributed by atoms with Crippen molar-refractivity contribution in [2.75, 3.05) is 31.5 Å². The first kappa shape index (κ1) is 31.6. The third-order valence-electron chi connectivity index (χ3n) is 7.19. The second-order valence-corrected chi connectivity index (χ2v) is 9.88. The number of carbonyl (C=O) groups is 2. The van der Waals surface area contributed by atoms with Gasteiger partial charge < -0.3 is 20.1 Å². The molecule has 16 heteroatoms. The zero-order chi connectivity index (χ0) is 29.9. The Kier molecular flexibility index (Phi) is 9.41. The molecule has 1 aromatic rings. The maximum absolute atomic E-state index is 13.3. The molecule has 2 N–H and O–H groups in total. The maximum atomic E-state index is 13.3. The van der Waals surface area contributed by atoms with Crippen LogP contribution >= 0.6 is 0 Å². The number of ether oxygens (including phenoxy) is 1. The van der Waals surface area contributed by atoms with Crippen molar-refractivity contribution >= 4 is 17.7 Å². The number of likely N-dealkylation sites (tertiary alicyclic amines) is 2. The Labute approximate surface area is 223 Å². The van der Waals surface area contributed by atoms with Gasteiger partial charge in [-0.3, -0.25) is 9.69 Å².